The number of amides is 1. The van der Waals surface area contributed by atoms with Gasteiger partial charge < -0.3 is 11.1 Å². The highest BCUT2D eigenvalue weighted by molar-refractivity contribution is 9.10. The van der Waals surface area contributed by atoms with Gasteiger partial charge in [0.25, 0.3) is 5.91 Å². The first-order chi connectivity index (χ1) is 8.70. The van der Waals surface area contributed by atoms with Crippen LogP contribution in [-0.2, 0) is 6.54 Å². The van der Waals surface area contributed by atoms with E-state index in [0.717, 1.165) is 10.0 Å². The van der Waals surface area contributed by atoms with Crippen molar-refractivity contribution >= 4 is 27.5 Å². The van der Waals surface area contributed by atoms with Crippen LogP contribution < -0.4 is 11.1 Å². The fourth-order valence-corrected chi connectivity index (χ4v) is 1.81. The number of hydrogen-bond donors (Lipinski definition) is 2. The lowest BCUT2D eigenvalue weighted by molar-refractivity contribution is 0.102. The van der Waals surface area contributed by atoms with Crippen molar-refractivity contribution in [3.63, 3.8) is 0 Å². The molecule has 0 saturated carbocycles. The number of benzene rings is 1. The molecule has 0 unspecified atom stereocenters. The van der Waals surface area contributed by atoms with Crippen molar-refractivity contribution in [1.82, 2.24) is 4.98 Å². The second kappa shape index (κ2) is 5.75. The minimum absolute atomic E-state index is 0.245. The summed E-state index contributed by atoms with van der Waals surface area (Å²) < 4.78 is 0.830. The highest BCUT2D eigenvalue weighted by Gasteiger charge is 2.08. The van der Waals surface area contributed by atoms with Gasteiger partial charge in [0.2, 0.25) is 0 Å². The third-order valence-electron chi connectivity index (χ3n) is 2.42. The number of aromatic nitrogens is 1. The van der Waals surface area contributed by atoms with Crippen molar-refractivity contribution in [2.75, 3.05) is 5.32 Å². The van der Waals surface area contributed by atoms with Gasteiger partial charge in [-0.25, -0.2) is 0 Å². The molecule has 18 heavy (non-hydrogen) atoms. The summed E-state index contributed by atoms with van der Waals surface area (Å²) in [5.41, 5.74) is 7.45. The van der Waals surface area contributed by atoms with E-state index in [2.05, 4.69) is 26.2 Å². The Hall–Kier alpha value is -1.72. The van der Waals surface area contributed by atoms with E-state index < -0.39 is 0 Å². The molecule has 0 aliphatic heterocycles. The van der Waals surface area contributed by atoms with Gasteiger partial charge in [-0.05, 0) is 39.7 Å². The van der Waals surface area contributed by atoms with E-state index in [4.69, 9.17) is 5.73 Å². The molecule has 1 aromatic carbocycles. The number of carbonyl (C=O) groups is 1. The number of halogens is 1. The summed E-state index contributed by atoms with van der Waals surface area (Å²) >= 11 is 3.37. The quantitative estimate of drug-likeness (QED) is 0.915. The minimum atomic E-state index is -0.245. The van der Waals surface area contributed by atoms with Gasteiger partial charge in [-0.3, -0.25) is 9.78 Å². The maximum atomic E-state index is 11.9. The Bertz CT molecular complexity index is 554. The predicted octanol–water partition coefficient (Wildman–Crippen LogP) is 2.56. The van der Waals surface area contributed by atoms with Crippen LogP contribution in [-0.4, -0.2) is 10.9 Å². The van der Waals surface area contributed by atoms with Crippen LogP contribution in [0.5, 0.6) is 0 Å². The second-order valence-electron chi connectivity index (χ2n) is 3.69. The van der Waals surface area contributed by atoms with Gasteiger partial charge in [0.15, 0.2) is 0 Å². The zero-order chi connectivity index (χ0) is 13.0. The van der Waals surface area contributed by atoms with E-state index in [0.29, 0.717) is 17.9 Å². The summed E-state index contributed by atoms with van der Waals surface area (Å²) in [4.78, 5) is 16.0. The molecular weight excluding hydrogens is 294 g/mol. The summed E-state index contributed by atoms with van der Waals surface area (Å²) in [6, 6.07) is 10.9. The molecule has 1 amide bonds. The number of nitrogens with one attached hydrogen (secondary N) is 1. The molecule has 2 aromatic rings. The van der Waals surface area contributed by atoms with Crippen molar-refractivity contribution in [3.05, 3.63) is 58.3 Å². The first-order valence-electron chi connectivity index (χ1n) is 5.41. The van der Waals surface area contributed by atoms with E-state index in [9.17, 15) is 4.79 Å². The molecule has 2 rings (SSSR count). The Labute approximate surface area is 113 Å². The lowest BCUT2D eigenvalue weighted by Gasteiger charge is -2.06. The zero-order valence-electron chi connectivity index (χ0n) is 9.56. The van der Waals surface area contributed by atoms with E-state index in [1.54, 1.807) is 18.3 Å². The maximum absolute atomic E-state index is 11.9. The Morgan fingerprint density at radius 1 is 1.28 bits per heavy atom. The third-order valence-corrected chi connectivity index (χ3v) is 3.11. The highest BCUT2D eigenvalue weighted by atomic mass is 79.9. The number of nitrogens with two attached hydrogens (primary N) is 1. The van der Waals surface area contributed by atoms with Crippen LogP contribution >= 0.6 is 15.9 Å². The molecular formula is C13H12BrN3O. The summed E-state index contributed by atoms with van der Waals surface area (Å²) in [5, 5.41) is 2.78. The monoisotopic (exact) mass is 305 g/mol. The summed E-state index contributed by atoms with van der Waals surface area (Å²) in [5.74, 6) is -0.245. The van der Waals surface area contributed by atoms with Crippen LogP contribution in [0, 0.1) is 0 Å². The van der Waals surface area contributed by atoms with Crippen LogP contribution in [0.3, 0.4) is 0 Å². The van der Waals surface area contributed by atoms with Crippen molar-refractivity contribution in [1.29, 1.82) is 0 Å². The standard InChI is InChI=1S/C13H12BrN3O/c14-10-3-1-2-4-11(10)17-13(18)12-6-5-9(7-15)8-16-12/h1-6,8H,7,15H2,(H,17,18). The number of carbonyl (C=O) groups excluding carboxylic acids is 1. The van der Waals surface area contributed by atoms with Crippen molar-refractivity contribution in [3.8, 4) is 0 Å². The van der Waals surface area contributed by atoms with Crippen LogP contribution in [0.25, 0.3) is 0 Å². The zero-order valence-corrected chi connectivity index (χ0v) is 11.1. The van der Waals surface area contributed by atoms with Gasteiger partial charge in [0.1, 0.15) is 5.69 Å². The first-order valence-corrected chi connectivity index (χ1v) is 6.21. The molecule has 3 N–H and O–H groups in total. The molecule has 0 bridgehead atoms. The van der Waals surface area contributed by atoms with Crippen LogP contribution in [0.2, 0.25) is 0 Å². The molecule has 0 atom stereocenters. The van der Waals surface area contributed by atoms with Gasteiger partial charge in [-0.2, -0.15) is 0 Å². The topological polar surface area (TPSA) is 68.0 Å². The molecule has 1 aromatic heterocycles. The van der Waals surface area contributed by atoms with Crippen LogP contribution in [0.1, 0.15) is 16.1 Å². The van der Waals surface area contributed by atoms with Gasteiger partial charge in [-0.1, -0.05) is 18.2 Å². The number of pyridine rings is 1. The van der Waals surface area contributed by atoms with Crippen molar-refractivity contribution < 1.29 is 4.79 Å². The van der Waals surface area contributed by atoms with E-state index in [1.807, 2.05) is 24.3 Å². The molecule has 0 fully saturated rings. The smallest absolute Gasteiger partial charge is 0.274 e. The van der Waals surface area contributed by atoms with Crippen LogP contribution in [0.4, 0.5) is 5.69 Å². The average Bonchev–Trinajstić information content (AvgIpc) is 2.41. The Balaban J connectivity index is 2.14. The molecule has 0 radical (unpaired) electrons. The lowest BCUT2D eigenvalue weighted by Crippen LogP contribution is -2.14. The molecule has 1 heterocycles. The fourth-order valence-electron chi connectivity index (χ4n) is 1.43. The Morgan fingerprint density at radius 2 is 2.06 bits per heavy atom. The normalized spacial score (nSPS) is 10.1. The van der Waals surface area contributed by atoms with Gasteiger partial charge >= 0.3 is 0 Å². The number of hydrogen-bond acceptors (Lipinski definition) is 3. The van der Waals surface area contributed by atoms with Gasteiger partial charge in [0.05, 0.1) is 5.69 Å². The second-order valence-corrected chi connectivity index (χ2v) is 4.54. The summed E-state index contributed by atoms with van der Waals surface area (Å²) in [6.07, 6.45) is 1.61. The lowest BCUT2D eigenvalue weighted by atomic mass is 10.2. The Morgan fingerprint density at radius 3 is 2.67 bits per heavy atom. The van der Waals surface area contributed by atoms with Crippen molar-refractivity contribution in [2.45, 2.75) is 6.54 Å². The summed E-state index contributed by atoms with van der Waals surface area (Å²) in [7, 11) is 0. The summed E-state index contributed by atoms with van der Waals surface area (Å²) in [6.45, 7) is 0.416. The van der Waals surface area contributed by atoms with E-state index >= 15 is 0 Å². The Kier molecular flexibility index (Phi) is 4.07. The number of para-hydroxylation sites is 1. The molecule has 92 valence electrons. The average molecular weight is 306 g/mol. The molecule has 0 aliphatic rings. The van der Waals surface area contributed by atoms with Gasteiger partial charge in [-0.15, -0.1) is 0 Å². The molecule has 4 nitrogen and oxygen atoms in total. The number of rotatable bonds is 3. The maximum Gasteiger partial charge on any atom is 0.274 e. The first kappa shape index (κ1) is 12.7. The SMILES string of the molecule is NCc1ccc(C(=O)Nc2ccccc2Br)nc1. The molecule has 5 heteroatoms. The highest BCUT2D eigenvalue weighted by Crippen LogP contribution is 2.21. The minimum Gasteiger partial charge on any atom is -0.326 e. The fraction of sp³-hybridized carbons (Fsp3) is 0.0769. The van der Waals surface area contributed by atoms with Crippen LogP contribution in [0.15, 0.2) is 47.1 Å². The predicted molar refractivity (Wildman–Crippen MR) is 74.2 cm³/mol. The third kappa shape index (κ3) is 2.94. The molecule has 0 spiro atoms. The molecule has 0 saturated heterocycles. The number of anilines is 1. The van der Waals surface area contributed by atoms with E-state index in [-0.39, 0.29) is 5.91 Å². The molecule has 0 aliphatic carbocycles. The van der Waals surface area contributed by atoms with E-state index in [1.165, 1.54) is 0 Å². The van der Waals surface area contributed by atoms with Crippen molar-refractivity contribution in [2.24, 2.45) is 5.73 Å². The van der Waals surface area contributed by atoms with Gasteiger partial charge in [0, 0.05) is 17.2 Å². The largest absolute Gasteiger partial charge is 0.326 e. The number of nitrogens with zero attached hydrogens (tertiary/aromatic N) is 1.